The Morgan fingerprint density at radius 2 is 1.80 bits per heavy atom. The summed E-state index contributed by atoms with van der Waals surface area (Å²) in [7, 11) is -7.66. The zero-order chi connectivity index (χ0) is 22.3. The lowest BCUT2D eigenvalue weighted by molar-refractivity contribution is 0.178. The van der Waals surface area contributed by atoms with Crippen LogP contribution < -0.4 is 5.32 Å². The van der Waals surface area contributed by atoms with Gasteiger partial charge < -0.3 is 5.32 Å². The summed E-state index contributed by atoms with van der Waals surface area (Å²) in [5.74, 6) is 0.336. The Bertz CT molecular complexity index is 1120. The number of benzene rings is 1. The molecule has 2 atom stereocenters. The van der Waals surface area contributed by atoms with Crippen molar-refractivity contribution in [3.05, 3.63) is 29.3 Å². The molecule has 0 radical (unpaired) electrons. The van der Waals surface area contributed by atoms with Gasteiger partial charge in [0.15, 0.2) is 5.03 Å². The molecule has 6 nitrogen and oxygen atoms in total. The van der Waals surface area contributed by atoms with E-state index in [9.17, 15) is 16.8 Å². The molecule has 3 rings (SSSR count). The van der Waals surface area contributed by atoms with E-state index in [-0.39, 0.29) is 36.5 Å². The molecule has 10 heteroatoms. The van der Waals surface area contributed by atoms with Gasteiger partial charge in [0, 0.05) is 11.1 Å². The van der Waals surface area contributed by atoms with Crippen LogP contribution in [0.5, 0.6) is 0 Å². The number of nitrogens with one attached hydrogen (secondary N) is 1. The van der Waals surface area contributed by atoms with Crippen molar-refractivity contribution < 1.29 is 16.8 Å². The standard InChI is InChI=1S/C20H27ClN2O4S3/c1-5-29(24,25)19-23-18(30(26,27)16-8-6-14(21)7-9-16)17(28-19)22-15-10-13(2)11-20(3,4)12-15/h6-9,13,15,22H,5,10-12H2,1-4H3/t13-,15+/m0/s1. The largest absolute Gasteiger partial charge is 0.372 e. The van der Waals surface area contributed by atoms with E-state index in [0.717, 1.165) is 30.6 Å². The molecule has 1 aliphatic carbocycles. The third-order valence-corrected chi connectivity index (χ3v) is 10.6. The first kappa shape index (κ1) is 23.5. The van der Waals surface area contributed by atoms with E-state index in [4.69, 9.17) is 11.6 Å². The molecule has 1 aromatic heterocycles. The van der Waals surface area contributed by atoms with Crippen LogP contribution in [0.1, 0.15) is 47.0 Å². The van der Waals surface area contributed by atoms with Crippen molar-refractivity contribution >= 4 is 47.6 Å². The predicted molar refractivity (Wildman–Crippen MR) is 121 cm³/mol. The molecule has 0 aliphatic heterocycles. The van der Waals surface area contributed by atoms with E-state index in [2.05, 4.69) is 31.1 Å². The molecule has 1 heterocycles. The van der Waals surface area contributed by atoms with Crippen LogP contribution >= 0.6 is 22.9 Å². The number of aromatic nitrogens is 1. The Balaban J connectivity index is 2.07. The number of sulfone groups is 2. The maximum Gasteiger partial charge on any atom is 0.226 e. The number of hydrogen-bond acceptors (Lipinski definition) is 7. The molecule has 1 saturated carbocycles. The third-order valence-electron chi connectivity index (χ3n) is 5.32. The number of nitrogens with zero attached hydrogens (tertiary/aromatic N) is 1. The van der Waals surface area contributed by atoms with E-state index in [1.807, 2.05) is 0 Å². The second-order valence-corrected chi connectivity index (χ2v) is 14.5. The van der Waals surface area contributed by atoms with Gasteiger partial charge >= 0.3 is 0 Å². The van der Waals surface area contributed by atoms with Crippen molar-refractivity contribution in [3.63, 3.8) is 0 Å². The summed E-state index contributed by atoms with van der Waals surface area (Å²) in [6, 6.07) is 5.83. The minimum Gasteiger partial charge on any atom is -0.372 e. The highest BCUT2D eigenvalue weighted by Gasteiger charge is 2.35. The van der Waals surface area contributed by atoms with Crippen LogP contribution in [0, 0.1) is 11.3 Å². The van der Waals surface area contributed by atoms with E-state index in [1.54, 1.807) is 0 Å². The molecule has 0 amide bonds. The highest BCUT2D eigenvalue weighted by molar-refractivity contribution is 7.94. The summed E-state index contributed by atoms with van der Waals surface area (Å²) in [5.41, 5.74) is 0.119. The molecule has 0 unspecified atom stereocenters. The minimum absolute atomic E-state index is 0.0260. The van der Waals surface area contributed by atoms with Gasteiger partial charge in [-0.3, -0.25) is 0 Å². The molecule has 1 aliphatic rings. The first-order chi connectivity index (χ1) is 13.8. The maximum atomic E-state index is 13.3. The molecule has 0 spiro atoms. The van der Waals surface area contributed by atoms with Crippen LogP contribution in [0.4, 0.5) is 5.00 Å². The topological polar surface area (TPSA) is 93.2 Å². The Labute approximate surface area is 187 Å². The summed E-state index contributed by atoms with van der Waals surface area (Å²) >= 11 is 6.79. The van der Waals surface area contributed by atoms with Gasteiger partial charge in [0.1, 0.15) is 5.00 Å². The number of anilines is 1. The van der Waals surface area contributed by atoms with Gasteiger partial charge in [0.25, 0.3) is 0 Å². The summed E-state index contributed by atoms with van der Waals surface area (Å²) in [6.07, 6.45) is 2.85. The summed E-state index contributed by atoms with van der Waals surface area (Å²) < 4.78 is 51.3. The molecular formula is C20H27ClN2O4S3. The average Bonchev–Trinajstić information content (AvgIpc) is 3.05. The summed E-state index contributed by atoms with van der Waals surface area (Å²) in [4.78, 5) is 4.12. The molecule has 1 N–H and O–H groups in total. The Kier molecular flexibility index (Phi) is 6.59. The Morgan fingerprint density at radius 1 is 1.17 bits per heavy atom. The van der Waals surface area contributed by atoms with E-state index >= 15 is 0 Å². The van der Waals surface area contributed by atoms with Crippen molar-refractivity contribution in [1.82, 2.24) is 4.98 Å². The van der Waals surface area contributed by atoms with Crippen LogP contribution in [-0.2, 0) is 19.7 Å². The zero-order valence-electron chi connectivity index (χ0n) is 17.5. The second kappa shape index (κ2) is 8.41. The molecule has 0 bridgehead atoms. The number of rotatable bonds is 6. The molecule has 1 fully saturated rings. The minimum atomic E-state index is -4.01. The Morgan fingerprint density at radius 3 is 2.37 bits per heavy atom. The van der Waals surface area contributed by atoms with E-state index in [0.29, 0.717) is 10.9 Å². The number of halogens is 1. The van der Waals surface area contributed by atoms with Gasteiger partial charge in [-0.05, 0) is 54.9 Å². The van der Waals surface area contributed by atoms with Gasteiger partial charge in [-0.25, -0.2) is 21.8 Å². The van der Waals surface area contributed by atoms with Gasteiger partial charge in [-0.1, -0.05) is 50.6 Å². The van der Waals surface area contributed by atoms with Crippen LogP contribution in [0.3, 0.4) is 0 Å². The fourth-order valence-electron chi connectivity index (χ4n) is 4.18. The highest BCUT2D eigenvalue weighted by atomic mass is 35.5. The zero-order valence-corrected chi connectivity index (χ0v) is 20.7. The highest BCUT2D eigenvalue weighted by Crippen LogP contribution is 2.42. The quantitative estimate of drug-likeness (QED) is 0.609. The van der Waals surface area contributed by atoms with Crippen LogP contribution in [0.15, 0.2) is 38.5 Å². The van der Waals surface area contributed by atoms with Gasteiger partial charge in [-0.2, -0.15) is 0 Å². The van der Waals surface area contributed by atoms with Crippen molar-refractivity contribution in [2.24, 2.45) is 11.3 Å². The number of thiazole rings is 1. The molecule has 30 heavy (non-hydrogen) atoms. The van der Waals surface area contributed by atoms with Crippen molar-refractivity contribution in [2.75, 3.05) is 11.1 Å². The van der Waals surface area contributed by atoms with Gasteiger partial charge in [0.05, 0.1) is 10.6 Å². The van der Waals surface area contributed by atoms with Crippen molar-refractivity contribution in [3.8, 4) is 0 Å². The number of hydrogen-bond donors (Lipinski definition) is 1. The first-order valence-electron chi connectivity index (χ1n) is 9.85. The maximum absolute atomic E-state index is 13.3. The van der Waals surface area contributed by atoms with Crippen LogP contribution in [0.2, 0.25) is 5.02 Å². The van der Waals surface area contributed by atoms with Gasteiger partial charge in [-0.15, -0.1) is 0 Å². The molecule has 2 aromatic rings. The fraction of sp³-hybridized carbons (Fsp3) is 0.550. The molecule has 166 valence electrons. The normalized spacial score (nSPS) is 22.0. The van der Waals surface area contributed by atoms with Gasteiger partial charge in [0.2, 0.25) is 24.0 Å². The molecular weight excluding hydrogens is 464 g/mol. The lowest BCUT2D eigenvalue weighted by Crippen LogP contribution is -2.35. The average molecular weight is 491 g/mol. The van der Waals surface area contributed by atoms with E-state index < -0.39 is 19.7 Å². The lowest BCUT2D eigenvalue weighted by atomic mass is 9.71. The second-order valence-electron chi connectivity index (χ2n) is 8.73. The molecule has 0 saturated heterocycles. The van der Waals surface area contributed by atoms with E-state index in [1.165, 1.54) is 31.2 Å². The van der Waals surface area contributed by atoms with Crippen molar-refractivity contribution in [2.45, 2.75) is 67.3 Å². The summed E-state index contributed by atoms with van der Waals surface area (Å²) in [6.45, 7) is 8.09. The smallest absolute Gasteiger partial charge is 0.226 e. The Hall–Kier alpha value is -1.16. The SMILES string of the molecule is CCS(=O)(=O)c1nc(S(=O)(=O)c2ccc(Cl)cc2)c(N[C@@H]2C[C@H](C)CC(C)(C)C2)s1. The fourth-order valence-corrected chi connectivity index (χ4v) is 8.37. The van der Waals surface area contributed by atoms with Crippen LogP contribution in [0.25, 0.3) is 0 Å². The first-order valence-corrected chi connectivity index (χ1v) is 14.2. The molecule has 1 aromatic carbocycles. The summed E-state index contributed by atoms with van der Waals surface area (Å²) in [5, 5.41) is 3.79. The van der Waals surface area contributed by atoms with Crippen molar-refractivity contribution in [1.29, 1.82) is 0 Å². The lowest BCUT2D eigenvalue weighted by Gasteiger charge is -2.39. The third kappa shape index (κ3) is 5.00. The van der Waals surface area contributed by atoms with Crippen LogP contribution in [-0.4, -0.2) is 33.6 Å². The monoisotopic (exact) mass is 490 g/mol. The predicted octanol–water partition coefficient (Wildman–Crippen LogP) is 5.05.